The van der Waals surface area contributed by atoms with E-state index in [1.54, 1.807) is 6.08 Å². The summed E-state index contributed by atoms with van der Waals surface area (Å²) < 4.78 is 0. The lowest BCUT2D eigenvalue weighted by atomic mass is 10.2. The van der Waals surface area contributed by atoms with Crippen LogP contribution < -0.4 is 0 Å². The Labute approximate surface area is 61.1 Å². The number of hydrogen-bond acceptors (Lipinski definition) is 0. The Bertz CT molecular complexity index is 243. The highest BCUT2D eigenvalue weighted by molar-refractivity contribution is 5.49. The molecule has 0 aliphatic carbocycles. The van der Waals surface area contributed by atoms with Gasteiger partial charge in [-0.3, -0.25) is 0 Å². The summed E-state index contributed by atoms with van der Waals surface area (Å²) in [5.41, 5.74) is 2.12. The Kier molecular flexibility index (Phi) is 1.96. The average Bonchev–Trinajstić information content (AvgIpc) is 2.31. The van der Waals surface area contributed by atoms with Crippen LogP contribution in [0.4, 0.5) is 0 Å². The largest absolute Gasteiger partial charge is 0.314 e. The molecule has 10 heavy (non-hydrogen) atoms. The Morgan fingerprint density at radius 2 is 2.40 bits per heavy atom. The summed E-state index contributed by atoms with van der Waals surface area (Å²) >= 11 is 0. The number of hydrogen-bond donors (Lipinski definition) is 1. The Morgan fingerprint density at radius 3 is 2.90 bits per heavy atom. The maximum absolute atomic E-state index is 3.57. The van der Waals surface area contributed by atoms with Crippen LogP contribution in [-0.2, 0) is 0 Å². The predicted octanol–water partition coefficient (Wildman–Crippen LogP) is 2.12. The molecule has 1 aromatic heterocycles. The normalized spacial score (nSPS) is 9.70. The molecule has 0 atom stereocenters. The molecule has 1 nitrogen and oxygen atoms in total. The molecule has 0 unspecified atom stereocenters. The lowest BCUT2D eigenvalue weighted by Gasteiger charge is -1.85. The quantitative estimate of drug-likeness (QED) is 0.592. The lowest BCUT2D eigenvalue weighted by molar-refractivity contribution is 1.33. The minimum absolute atomic E-state index is 1.04. The number of rotatable bonds is 2. The molecule has 0 radical (unpaired) electrons. The van der Waals surface area contributed by atoms with Crippen molar-refractivity contribution in [1.29, 1.82) is 0 Å². The van der Waals surface area contributed by atoms with E-state index >= 15 is 0 Å². The van der Waals surface area contributed by atoms with Crippen LogP contribution in [0.15, 0.2) is 18.7 Å². The van der Waals surface area contributed by atoms with E-state index in [0.29, 0.717) is 0 Å². The van der Waals surface area contributed by atoms with Gasteiger partial charge in [0.1, 0.15) is 0 Å². The second-order valence-corrected chi connectivity index (χ2v) is 2.01. The van der Waals surface area contributed by atoms with Crippen LogP contribution in [0.1, 0.15) is 11.3 Å². The van der Waals surface area contributed by atoms with E-state index in [1.807, 2.05) is 19.1 Å². The molecule has 1 rings (SSSR count). The van der Waals surface area contributed by atoms with E-state index in [0.717, 1.165) is 11.3 Å². The van der Waals surface area contributed by atoms with Gasteiger partial charge in [0, 0.05) is 11.8 Å². The van der Waals surface area contributed by atoms with Gasteiger partial charge in [0.25, 0.3) is 0 Å². The highest BCUT2D eigenvalue weighted by Gasteiger charge is 1.88. The van der Waals surface area contributed by atoms with E-state index in [9.17, 15) is 0 Å². The summed E-state index contributed by atoms with van der Waals surface area (Å²) in [6.07, 6.45) is 8.32. The molecule has 0 aromatic carbocycles. The van der Waals surface area contributed by atoms with Crippen LogP contribution >= 0.6 is 0 Å². The molecular formula is C9H9N. The van der Waals surface area contributed by atoms with Gasteiger partial charge in [-0.15, -0.1) is 0 Å². The van der Waals surface area contributed by atoms with Crippen molar-refractivity contribution >= 4 is 6.08 Å². The molecule has 0 fully saturated rings. The molecule has 0 bridgehead atoms. The van der Waals surface area contributed by atoms with E-state index in [4.69, 9.17) is 0 Å². The molecule has 1 aromatic rings. The van der Waals surface area contributed by atoms with Crippen LogP contribution in [0.5, 0.6) is 0 Å². The minimum Gasteiger partial charge on any atom is -0.314 e. The van der Waals surface area contributed by atoms with Crippen LogP contribution in [-0.4, -0.2) is 4.98 Å². The van der Waals surface area contributed by atoms with Gasteiger partial charge in [0.15, 0.2) is 0 Å². The molecule has 0 saturated carbocycles. The van der Waals surface area contributed by atoms with Crippen LogP contribution in [0.3, 0.4) is 0 Å². The van der Waals surface area contributed by atoms with Gasteiger partial charge >= 0.3 is 0 Å². The van der Waals surface area contributed by atoms with Gasteiger partial charge in [-0.1, -0.05) is 18.7 Å². The number of aromatic amines is 1. The molecule has 0 spiro atoms. The smallest absolute Gasteiger partial charge is 0.0572 e. The molecule has 1 heterocycles. The molecular weight excluding hydrogens is 122 g/mol. The molecule has 1 heteroatoms. The molecule has 0 aliphatic rings. The molecule has 50 valence electrons. The predicted molar refractivity (Wildman–Crippen MR) is 42.4 cm³/mol. The maximum atomic E-state index is 3.57. The van der Waals surface area contributed by atoms with E-state index in [2.05, 4.69) is 23.8 Å². The first kappa shape index (κ1) is 6.70. The fourth-order valence-corrected chi connectivity index (χ4v) is 0.684. The van der Waals surface area contributed by atoms with Crippen molar-refractivity contribution in [3.05, 3.63) is 42.3 Å². The first-order valence-electron chi connectivity index (χ1n) is 3.11. The van der Waals surface area contributed by atoms with Crippen molar-refractivity contribution in [3.8, 4) is 0 Å². The van der Waals surface area contributed by atoms with Crippen molar-refractivity contribution in [3.63, 3.8) is 0 Å². The highest BCUT2D eigenvalue weighted by atomic mass is 14.7. The monoisotopic (exact) mass is 131 g/mol. The number of H-pyrrole nitrogens is 1. The minimum atomic E-state index is 1.04. The fraction of sp³-hybridized carbons (Fsp3) is 0.111. The van der Waals surface area contributed by atoms with Crippen molar-refractivity contribution in [2.75, 3.05) is 0 Å². The Morgan fingerprint density at radius 1 is 1.60 bits per heavy atom. The van der Waals surface area contributed by atoms with Gasteiger partial charge in [0.05, 0.1) is 5.69 Å². The molecule has 0 aliphatic heterocycles. The second-order valence-electron chi connectivity index (χ2n) is 2.01. The van der Waals surface area contributed by atoms with E-state index in [-0.39, 0.29) is 0 Å². The summed E-state index contributed by atoms with van der Waals surface area (Å²) in [7, 11) is 0. The first-order chi connectivity index (χ1) is 4.84. The van der Waals surface area contributed by atoms with Crippen molar-refractivity contribution in [2.24, 2.45) is 0 Å². The third-order valence-corrected chi connectivity index (χ3v) is 1.25. The van der Waals surface area contributed by atoms with Crippen LogP contribution in [0.25, 0.3) is 6.08 Å². The lowest BCUT2D eigenvalue weighted by Crippen LogP contribution is -1.73. The topological polar surface area (TPSA) is 15.8 Å². The maximum Gasteiger partial charge on any atom is 0.0572 e. The Hall–Kier alpha value is -1.42. The summed E-state index contributed by atoms with van der Waals surface area (Å²) in [6.45, 7) is 5.55. The SMILES string of the molecule is C=C/C=C\c1[nH]c#cc1C. The number of nitrogens with one attached hydrogen (secondary N) is 1. The zero-order chi connectivity index (χ0) is 7.40. The third-order valence-electron chi connectivity index (χ3n) is 1.25. The second kappa shape index (κ2) is 2.93. The summed E-state index contributed by atoms with van der Waals surface area (Å²) in [5.74, 6) is 0. The summed E-state index contributed by atoms with van der Waals surface area (Å²) in [4.78, 5) is 2.93. The zero-order valence-electron chi connectivity index (χ0n) is 5.94. The van der Waals surface area contributed by atoms with Crippen LogP contribution in [0, 0.1) is 19.2 Å². The number of aromatic nitrogens is 1. The fourth-order valence-electron chi connectivity index (χ4n) is 0.684. The number of allylic oxidation sites excluding steroid dienone is 2. The van der Waals surface area contributed by atoms with Crippen molar-refractivity contribution in [1.82, 2.24) is 4.98 Å². The van der Waals surface area contributed by atoms with Gasteiger partial charge in [-0.2, -0.15) is 0 Å². The Balaban J connectivity index is 2.83. The van der Waals surface area contributed by atoms with Gasteiger partial charge < -0.3 is 4.98 Å². The van der Waals surface area contributed by atoms with Gasteiger partial charge in [-0.25, -0.2) is 0 Å². The van der Waals surface area contributed by atoms with E-state index < -0.39 is 0 Å². The average molecular weight is 131 g/mol. The molecule has 0 saturated heterocycles. The van der Waals surface area contributed by atoms with Crippen molar-refractivity contribution < 1.29 is 0 Å². The third kappa shape index (κ3) is 1.29. The first-order valence-corrected chi connectivity index (χ1v) is 3.11. The molecule has 0 amide bonds. The van der Waals surface area contributed by atoms with Gasteiger partial charge in [0.2, 0.25) is 0 Å². The van der Waals surface area contributed by atoms with Gasteiger partial charge in [-0.05, 0) is 19.1 Å². The summed E-state index contributed by atoms with van der Waals surface area (Å²) in [6, 6.07) is 2.91. The van der Waals surface area contributed by atoms with E-state index in [1.165, 1.54) is 0 Å². The van der Waals surface area contributed by atoms with Crippen molar-refractivity contribution in [2.45, 2.75) is 6.92 Å². The summed E-state index contributed by atoms with van der Waals surface area (Å²) in [5, 5.41) is 0. The standard InChI is InChI=1S/C9H9N/c1-3-4-5-9-8(2)6-7-10-9/h3-5,10H,1H2,2H3/b5-4-. The zero-order valence-corrected chi connectivity index (χ0v) is 5.94. The highest BCUT2D eigenvalue weighted by Crippen LogP contribution is 2.01. The molecule has 1 N–H and O–H groups in total. The van der Waals surface area contributed by atoms with Crippen LogP contribution in [0.2, 0.25) is 0 Å².